The van der Waals surface area contributed by atoms with Crippen LogP contribution < -0.4 is 24.7 Å². The molecule has 0 radical (unpaired) electrons. The fourth-order valence-electron chi connectivity index (χ4n) is 0.604. The Labute approximate surface area is 60.4 Å². The average molecular weight is 154 g/mol. The molecule has 0 saturated carbocycles. The van der Waals surface area contributed by atoms with Gasteiger partial charge in [0.05, 0.1) is 0 Å². The van der Waals surface area contributed by atoms with E-state index < -0.39 is 0 Å². The van der Waals surface area contributed by atoms with Crippen molar-refractivity contribution in [3.8, 4) is 0 Å². The monoisotopic (exact) mass is 154 g/mol. The van der Waals surface area contributed by atoms with Crippen molar-refractivity contribution < 1.29 is 14.1 Å². The molecule has 1 aliphatic heterocycles. The van der Waals surface area contributed by atoms with Crippen LogP contribution in [0.5, 0.6) is 0 Å². The fraction of sp³-hybridized carbons (Fsp3) is 1.00. The number of piperazine rings is 1. The Morgan fingerprint density at radius 1 is 0.600 bits per heavy atom. The summed E-state index contributed by atoms with van der Waals surface area (Å²) in [7, 11) is 0. The van der Waals surface area contributed by atoms with Gasteiger partial charge in [0.1, 0.15) is 0 Å². The molecule has 0 atom stereocenters. The molecular weight excluding hydrogens is 144 g/mol. The molecule has 0 amide bonds. The summed E-state index contributed by atoms with van der Waals surface area (Å²) in [4.78, 5) is 0. The van der Waals surface area contributed by atoms with Crippen LogP contribution in [-0.2, 0) is 0 Å². The minimum Gasteiger partial charge on any atom is -1.00 e. The van der Waals surface area contributed by atoms with Crippen LogP contribution in [0.2, 0.25) is 0 Å². The molecule has 1 heterocycles. The van der Waals surface area contributed by atoms with Gasteiger partial charge in [-0.25, -0.2) is 0 Å². The third-order valence-corrected chi connectivity index (χ3v) is 0.957. The smallest absolute Gasteiger partial charge is 1.00 e. The fourth-order valence-corrected chi connectivity index (χ4v) is 0.604. The van der Waals surface area contributed by atoms with Gasteiger partial charge in [0.15, 0.2) is 0 Å². The molecule has 0 aliphatic carbocycles. The van der Waals surface area contributed by atoms with E-state index in [0.717, 1.165) is 26.2 Å². The van der Waals surface area contributed by atoms with E-state index in [1.807, 2.05) is 0 Å². The van der Waals surface area contributed by atoms with Crippen molar-refractivity contribution in [1.82, 2.24) is 10.6 Å². The van der Waals surface area contributed by atoms with Crippen molar-refractivity contribution in [1.29, 1.82) is 0 Å². The maximum atomic E-state index is 3.22. The Balaban J connectivity index is -0.0000000450. The molecule has 1 rings (SSSR count). The van der Waals surface area contributed by atoms with Crippen molar-refractivity contribution in [3.63, 3.8) is 0 Å². The first-order valence-electron chi connectivity index (χ1n) is 2.41. The summed E-state index contributed by atoms with van der Waals surface area (Å²) < 4.78 is 0. The van der Waals surface area contributed by atoms with Crippen molar-refractivity contribution in [3.05, 3.63) is 0 Å². The zero-order valence-electron chi connectivity index (χ0n) is 5.54. The number of hydrogen-bond acceptors (Lipinski definition) is 2. The van der Waals surface area contributed by atoms with Gasteiger partial charge in [0.25, 0.3) is 0 Å². The predicted molar refractivity (Wildman–Crippen MR) is 31.5 cm³/mol. The first-order valence-corrected chi connectivity index (χ1v) is 2.41. The number of rotatable bonds is 0. The van der Waals surface area contributed by atoms with Gasteiger partial charge < -0.3 is 24.7 Å². The summed E-state index contributed by atoms with van der Waals surface area (Å²) in [6.07, 6.45) is 0. The van der Waals surface area contributed by atoms with Crippen molar-refractivity contribution in [2.75, 3.05) is 26.2 Å². The number of hydrogen-bond donors (Lipinski definition) is 2. The van der Waals surface area contributed by atoms with E-state index in [1.165, 1.54) is 0 Å². The largest absolute Gasteiger partial charge is 3.00 e. The second-order valence-corrected chi connectivity index (χ2v) is 1.50. The van der Waals surface area contributed by atoms with Crippen LogP contribution >= 0.6 is 0 Å². The SMILES string of the molecule is C1CNCCN1.[B+3].[F-].[F-].[F-]. The van der Waals surface area contributed by atoms with E-state index in [-0.39, 0.29) is 22.5 Å². The van der Waals surface area contributed by atoms with E-state index in [1.54, 1.807) is 0 Å². The van der Waals surface area contributed by atoms with E-state index in [0.29, 0.717) is 0 Å². The van der Waals surface area contributed by atoms with Gasteiger partial charge in [-0.1, -0.05) is 0 Å². The molecule has 1 fully saturated rings. The van der Waals surface area contributed by atoms with Crippen LogP contribution in [0, 0.1) is 0 Å². The van der Waals surface area contributed by atoms with Crippen LogP contribution in [-0.4, -0.2) is 34.6 Å². The molecule has 0 aromatic heterocycles. The predicted octanol–water partition coefficient (Wildman–Crippen LogP) is -10.2. The van der Waals surface area contributed by atoms with Gasteiger partial charge in [0, 0.05) is 26.2 Å². The van der Waals surface area contributed by atoms with E-state index in [9.17, 15) is 0 Å². The Morgan fingerprint density at radius 3 is 0.900 bits per heavy atom. The third-order valence-electron chi connectivity index (χ3n) is 0.957. The summed E-state index contributed by atoms with van der Waals surface area (Å²) in [5.41, 5.74) is 0. The maximum Gasteiger partial charge on any atom is 3.00 e. The molecule has 60 valence electrons. The molecule has 1 saturated heterocycles. The minimum absolute atomic E-state index is 0. The molecule has 2 nitrogen and oxygen atoms in total. The minimum atomic E-state index is 0. The van der Waals surface area contributed by atoms with Crippen LogP contribution in [0.25, 0.3) is 0 Å². The van der Waals surface area contributed by atoms with Gasteiger partial charge in [0.2, 0.25) is 0 Å². The maximum absolute atomic E-state index is 3.22. The van der Waals surface area contributed by atoms with Crippen LogP contribution in [0.15, 0.2) is 0 Å². The van der Waals surface area contributed by atoms with Gasteiger partial charge in [-0.3, -0.25) is 0 Å². The molecule has 0 unspecified atom stereocenters. The van der Waals surface area contributed by atoms with Crippen molar-refractivity contribution in [2.24, 2.45) is 0 Å². The van der Waals surface area contributed by atoms with E-state index in [4.69, 9.17) is 0 Å². The topological polar surface area (TPSA) is 24.1 Å². The molecule has 0 spiro atoms. The molecular formula is C4H10BF3N2. The second-order valence-electron chi connectivity index (χ2n) is 1.50. The van der Waals surface area contributed by atoms with Crippen LogP contribution in [0.1, 0.15) is 0 Å². The molecule has 10 heavy (non-hydrogen) atoms. The summed E-state index contributed by atoms with van der Waals surface area (Å²) in [5.74, 6) is 0. The molecule has 0 bridgehead atoms. The third kappa shape index (κ3) is 10.7. The van der Waals surface area contributed by atoms with E-state index in [2.05, 4.69) is 10.6 Å². The Bertz CT molecular complexity index is 34.0. The van der Waals surface area contributed by atoms with Gasteiger partial charge in [-0.05, 0) is 0 Å². The molecule has 0 aromatic rings. The molecule has 2 N–H and O–H groups in total. The van der Waals surface area contributed by atoms with Gasteiger partial charge in [-0.15, -0.1) is 0 Å². The van der Waals surface area contributed by atoms with Gasteiger partial charge in [-0.2, -0.15) is 0 Å². The normalized spacial score (nSPS) is 14.4. The Morgan fingerprint density at radius 2 is 0.800 bits per heavy atom. The molecule has 1 aliphatic rings. The summed E-state index contributed by atoms with van der Waals surface area (Å²) in [6.45, 7) is 4.56. The van der Waals surface area contributed by atoms with Crippen LogP contribution in [0.3, 0.4) is 0 Å². The second kappa shape index (κ2) is 15.9. The molecule has 0 aromatic carbocycles. The van der Waals surface area contributed by atoms with Crippen molar-refractivity contribution >= 4 is 8.41 Å². The summed E-state index contributed by atoms with van der Waals surface area (Å²) in [5, 5.41) is 6.44. The zero-order chi connectivity index (χ0) is 4.24. The Kier molecular flexibility index (Phi) is 35.9. The summed E-state index contributed by atoms with van der Waals surface area (Å²) >= 11 is 0. The van der Waals surface area contributed by atoms with Crippen molar-refractivity contribution in [2.45, 2.75) is 0 Å². The van der Waals surface area contributed by atoms with Gasteiger partial charge >= 0.3 is 8.41 Å². The number of halogens is 3. The Hall–Kier alpha value is -0.225. The number of nitrogens with one attached hydrogen (secondary N) is 2. The quantitative estimate of drug-likeness (QED) is 0.338. The average Bonchev–Trinajstić information content (AvgIpc) is 1.72. The zero-order valence-corrected chi connectivity index (χ0v) is 5.54. The molecule has 6 heteroatoms. The standard InChI is InChI=1S/C4H10N2.B.3FH/c1-2-6-4-3-5-1;;;;/h5-6H,1-4H2;;3*1H/q;+3;;;/p-3. The first kappa shape index (κ1) is 22.6. The van der Waals surface area contributed by atoms with Crippen LogP contribution in [0.4, 0.5) is 0 Å². The first-order chi connectivity index (χ1) is 3.00. The van der Waals surface area contributed by atoms with E-state index >= 15 is 0 Å². The summed E-state index contributed by atoms with van der Waals surface area (Å²) in [6, 6.07) is 0.